The van der Waals surface area contributed by atoms with Crippen LogP contribution in [0.1, 0.15) is 12.5 Å². The summed E-state index contributed by atoms with van der Waals surface area (Å²) in [6, 6.07) is 16.2. The van der Waals surface area contributed by atoms with Gasteiger partial charge in [-0.15, -0.1) is 0 Å². The second kappa shape index (κ2) is 7.65. The number of imide groups is 1. The third kappa shape index (κ3) is 3.80. The number of methoxy groups -OCH3 is 1. The van der Waals surface area contributed by atoms with E-state index in [9.17, 15) is 9.59 Å². The molecule has 0 bridgehead atoms. The maximum absolute atomic E-state index is 12.5. The van der Waals surface area contributed by atoms with Crippen LogP contribution < -0.4 is 9.47 Å². The topological polar surface area (TPSA) is 68.2 Å². The molecule has 0 saturated heterocycles. The number of hydrogen-bond acceptors (Lipinski definition) is 5. The van der Waals surface area contributed by atoms with Gasteiger partial charge in [0.2, 0.25) is 0 Å². The van der Waals surface area contributed by atoms with Crippen molar-refractivity contribution < 1.29 is 19.1 Å². The molecule has 2 aromatic carbocycles. The number of carbonyl (C=O) groups is 2. The monoisotopic (exact) mass is 350 g/mol. The summed E-state index contributed by atoms with van der Waals surface area (Å²) >= 11 is 0. The van der Waals surface area contributed by atoms with E-state index < -0.39 is 11.8 Å². The molecule has 2 amide bonds. The molecular formula is C20H18N2O4. The van der Waals surface area contributed by atoms with Crippen LogP contribution in [0.3, 0.4) is 0 Å². The summed E-state index contributed by atoms with van der Waals surface area (Å²) < 4.78 is 10.5. The van der Waals surface area contributed by atoms with Gasteiger partial charge in [-0.2, -0.15) is 10.1 Å². The highest BCUT2D eigenvalue weighted by Crippen LogP contribution is 2.20. The Balaban J connectivity index is 1.70. The van der Waals surface area contributed by atoms with Crippen LogP contribution >= 0.6 is 0 Å². The van der Waals surface area contributed by atoms with Gasteiger partial charge in [-0.25, -0.2) is 0 Å². The molecule has 26 heavy (non-hydrogen) atoms. The number of para-hydroxylation sites is 1. The molecule has 1 aliphatic heterocycles. The molecule has 0 fully saturated rings. The quantitative estimate of drug-likeness (QED) is 0.778. The zero-order valence-electron chi connectivity index (χ0n) is 14.5. The number of rotatable bonds is 5. The Kier molecular flexibility index (Phi) is 5.12. The SMILES string of the molecule is COc1ccc(/C=C2\C(=O)N(C(=O)COc3ccccc3)N=C2C)cc1. The van der Waals surface area contributed by atoms with Crippen LogP contribution in [0, 0.1) is 0 Å². The average Bonchev–Trinajstić information content (AvgIpc) is 2.96. The van der Waals surface area contributed by atoms with Gasteiger partial charge in [0.05, 0.1) is 18.4 Å². The minimum atomic E-state index is -0.517. The van der Waals surface area contributed by atoms with E-state index >= 15 is 0 Å². The molecule has 0 spiro atoms. The number of hydrogen-bond donors (Lipinski definition) is 0. The Labute approximate surface area is 151 Å². The van der Waals surface area contributed by atoms with E-state index in [0.717, 1.165) is 16.3 Å². The molecule has 0 aliphatic carbocycles. The second-order valence-corrected chi connectivity index (χ2v) is 5.63. The lowest BCUT2D eigenvalue weighted by molar-refractivity contribution is -0.142. The van der Waals surface area contributed by atoms with Gasteiger partial charge in [0.15, 0.2) is 6.61 Å². The van der Waals surface area contributed by atoms with Crippen molar-refractivity contribution in [2.75, 3.05) is 13.7 Å². The van der Waals surface area contributed by atoms with Crippen molar-refractivity contribution in [1.82, 2.24) is 5.01 Å². The van der Waals surface area contributed by atoms with Crippen LogP contribution in [-0.2, 0) is 9.59 Å². The summed E-state index contributed by atoms with van der Waals surface area (Å²) in [7, 11) is 1.59. The molecule has 0 atom stereocenters. The molecule has 3 rings (SSSR count). The van der Waals surface area contributed by atoms with E-state index in [-0.39, 0.29) is 6.61 Å². The lowest BCUT2D eigenvalue weighted by atomic mass is 10.1. The Morgan fingerprint density at radius 1 is 1.08 bits per heavy atom. The van der Waals surface area contributed by atoms with E-state index in [4.69, 9.17) is 9.47 Å². The molecular weight excluding hydrogens is 332 g/mol. The summed E-state index contributed by atoms with van der Waals surface area (Å²) in [5.74, 6) is 0.309. The minimum absolute atomic E-state index is 0.262. The maximum atomic E-state index is 12.5. The standard InChI is InChI=1S/C20H18N2O4/c1-14-18(12-15-8-10-16(25-2)11-9-15)20(24)22(21-14)19(23)13-26-17-6-4-3-5-7-17/h3-12H,13H2,1-2H3/b18-12-. The number of amides is 2. The molecule has 6 heteroatoms. The first-order valence-corrected chi connectivity index (χ1v) is 8.05. The molecule has 2 aromatic rings. The van der Waals surface area contributed by atoms with E-state index in [1.54, 1.807) is 56.5 Å². The van der Waals surface area contributed by atoms with E-state index in [0.29, 0.717) is 17.0 Å². The van der Waals surface area contributed by atoms with Gasteiger partial charge in [-0.1, -0.05) is 30.3 Å². The first-order chi connectivity index (χ1) is 12.6. The van der Waals surface area contributed by atoms with Crippen molar-refractivity contribution in [3.63, 3.8) is 0 Å². The number of ether oxygens (including phenoxy) is 2. The maximum Gasteiger partial charge on any atom is 0.288 e. The first kappa shape index (κ1) is 17.4. The average molecular weight is 350 g/mol. The smallest absolute Gasteiger partial charge is 0.288 e. The number of hydrazone groups is 1. The lowest BCUT2D eigenvalue weighted by Crippen LogP contribution is -2.33. The van der Waals surface area contributed by atoms with E-state index in [1.165, 1.54) is 0 Å². The molecule has 0 N–H and O–H groups in total. The van der Waals surface area contributed by atoms with Gasteiger partial charge in [0.1, 0.15) is 11.5 Å². The minimum Gasteiger partial charge on any atom is -0.497 e. The normalized spacial score (nSPS) is 15.2. The molecule has 1 aliphatic rings. The number of benzene rings is 2. The number of nitrogens with zero attached hydrogens (tertiary/aromatic N) is 2. The van der Waals surface area contributed by atoms with Crippen LogP contribution in [0.5, 0.6) is 11.5 Å². The van der Waals surface area contributed by atoms with Gasteiger partial charge in [0, 0.05) is 0 Å². The Morgan fingerprint density at radius 2 is 1.77 bits per heavy atom. The van der Waals surface area contributed by atoms with E-state index in [2.05, 4.69) is 5.10 Å². The molecule has 0 saturated carbocycles. The molecule has 0 aromatic heterocycles. The molecule has 132 valence electrons. The van der Waals surface area contributed by atoms with E-state index in [1.807, 2.05) is 18.2 Å². The van der Waals surface area contributed by atoms with Crippen molar-refractivity contribution in [3.8, 4) is 11.5 Å². The highest BCUT2D eigenvalue weighted by Gasteiger charge is 2.32. The predicted molar refractivity (Wildman–Crippen MR) is 97.9 cm³/mol. The van der Waals surface area contributed by atoms with Crippen molar-refractivity contribution in [1.29, 1.82) is 0 Å². The van der Waals surface area contributed by atoms with Crippen LogP contribution in [0.4, 0.5) is 0 Å². The summed E-state index contributed by atoms with van der Waals surface area (Å²) in [5, 5.41) is 4.93. The van der Waals surface area contributed by atoms with Crippen molar-refractivity contribution >= 4 is 23.6 Å². The fourth-order valence-electron chi connectivity index (χ4n) is 2.44. The Morgan fingerprint density at radius 3 is 2.42 bits per heavy atom. The molecule has 0 radical (unpaired) electrons. The number of carbonyl (C=O) groups excluding carboxylic acids is 2. The fraction of sp³-hybridized carbons (Fsp3) is 0.150. The second-order valence-electron chi connectivity index (χ2n) is 5.63. The van der Waals surface area contributed by atoms with Crippen LogP contribution in [0.25, 0.3) is 6.08 Å². The van der Waals surface area contributed by atoms with Gasteiger partial charge < -0.3 is 9.47 Å². The summed E-state index contributed by atoms with van der Waals surface area (Å²) in [6.07, 6.45) is 1.70. The predicted octanol–water partition coefficient (Wildman–Crippen LogP) is 2.90. The lowest BCUT2D eigenvalue weighted by Gasteiger charge is -2.11. The van der Waals surface area contributed by atoms with Crippen molar-refractivity contribution in [2.24, 2.45) is 5.10 Å². The Bertz CT molecular complexity index is 870. The third-order valence-corrected chi connectivity index (χ3v) is 3.83. The zero-order chi connectivity index (χ0) is 18.5. The van der Waals surface area contributed by atoms with Crippen molar-refractivity contribution in [3.05, 3.63) is 65.7 Å². The van der Waals surface area contributed by atoms with Gasteiger partial charge >= 0.3 is 0 Å². The Hall–Kier alpha value is -3.41. The van der Waals surface area contributed by atoms with Gasteiger partial charge in [-0.3, -0.25) is 9.59 Å². The summed E-state index contributed by atoms with van der Waals surface area (Å²) in [4.78, 5) is 24.8. The summed E-state index contributed by atoms with van der Waals surface area (Å²) in [6.45, 7) is 1.43. The highest BCUT2D eigenvalue weighted by molar-refractivity contribution is 6.29. The first-order valence-electron chi connectivity index (χ1n) is 8.05. The third-order valence-electron chi connectivity index (χ3n) is 3.83. The van der Waals surface area contributed by atoms with Crippen LogP contribution in [0.15, 0.2) is 65.3 Å². The van der Waals surface area contributed by atoms with Crippen molar-refractivity contribution in [2.45, 2.75) is 6.92 Å². The zero-order valence-corrected chi connectivity index (χ0v) is 14.5. The van der Waals surface area contributed by atoms with Crippen LogP contribution in [-0.4, -0.2) is 36.3 Å². The largest absolute Gasteiger partial charge is 0.497 e. The molecule has 1 heterocycles. The fourth-order valence-corrected chi connectivity index (χ4v) is 2.44. The van der Waals surface area contributed by atoms with Crippen LogP contribution in [0.2, 0.25) is 0 Å². The molecule has 0 unspecified atom stereocenters. The molecule has 6 nitrogen and oxygen atoms in total. The van der Waals surface area contributed by atoms with Gasteiger partial charge in [-0.05, 0) is 42.8 Å². The summed E-state index contributed by atoms with van der Waals surface area (Å²) in [5.41, 5.74) is 1.68. The highest BCUT2D eigenvalue weighted by atomic mass is 16.5. The van der Waals surface area contributed by atoms with Gasteiger partial charge in [0.25, 0.3) is 11.8 Å².